The molecule has 5 aromatic carbocycles. The van der Waals surface area contributed by atoms with Crippen molar-refractivity contribution in [2.75, 3.05) is 0 Å². The van der Waals surface area contributed by atoms with Crippen LogP contribution in [0.5, 0.6) is 0 Å². The number of benzene rings is 5. The van der Waals surface area contributed by atoms with Crippen molar-refractivity contribution in [3.8, 4) is 11.4 Å². The Morgan fingerprint density at radius 2 is 0.676 bits per heavy atom. The first-order chi connectivity index (χ1) is 16.7. The Labute approximate surface area is 213 Å². The number of halogens is 2. The Bertz CT molecular complexity index is 1650. The van der Waals surface area contributed by atoms with E-state index in [9.17, 15) is 0 Å². The highest BCUT2D eigenvalue weighted by molar-refractivity contribution is 9.11. The zero-order valence-corrected chi connectivity index (χ0v) is 21.2. The lowest BCUT2D eigenvalue weighted by Crippen LogP contribution is -2.01. The van der Waals surface area contributed by atoms with Gasteiger partial charge in [-0.3, -0.25) is 0 Å². The van der Waals surface area contributed by atoms with Crippen molar-refractivity contribution in [3.05, 3.63) is 118 Å². The van der Waals surface area contributed by atoms with Gasteiger partial charge in [-0.25, -0.2) is 0 Å². The van der Waals surface area contributed by atoms with Gasteiger partial charge >= 0.3 is 0 Å². The summed E-state index contributed by atoms with van der Waals surface area (Å²) in [5.41, 5.74) is 6.99. The van der Waals surface area contributed by atoms with Crippen molar-refractivity contribution < 1.29 is 0 Å². The second-order valence-electron chi connectivity index (χ2n) is 8.49. The molecule has 0 fully saturated rings. The normalized spacial score (nSPS) is 11.8. The van der Waals surface area contributed by atoms with Crippen LogP contribution < -0.4 is 0 Å². The van der Waals surface area contributed by atoms with Crippen LogP contribution in [0.1, 0.15) is 0 Å². The minimum Gasteiger partial charge on any atom is -0.308 e. The largest absolute Gasteiger partial charge is 0.308 e. The Balaban J connectivity index is 1.61. The highest BCUT2D eigenvalue weighted by Crippen LogP contribution is 2.40. The fourth-order valence-electron chi connectivity index (χ4n) is 5.23. The van der Waals surface area contributed by atoms with Gasteiger partial charge in [0.1, 0.15) is 0 Å². The molecular formula is C30H18Br2N2. The van der Waals surface area contributed by atoms with Crippen LogP contribution >= 0.6 is 31.9 Å². The van der Waals surface area contributed by atoms with E-state index in [2.05, 4.69) is 150 Å². The summed E-state index contributed by atoms with van der Waals surface area (Å²) in [7, 11) is 0. The van der Waals surface area contributed by atoms with E-state index < -0.39 is 0 Å². The van der Waals surface area contributed by atoms with Gasteiger partial charge in [0.2, 0.25) is 0 Å². The fourth-order valence-corrected chi connectivity index (χ4v) is 6.58. The summed E-state index contributed by atoms with van der Waals surface area (Å²) in [6, 6.07) is 38.9. The van der Waals surface area contributed by atoms with Crippen LogP contribution in [0.15, 0.2) is 118 Å². The number of rotatable bonds is 2. The predicted molar refractivity (Wildman–Crippen MR) is 151 cm³/mol. The van der Waals surface area contributed by atoms with E-state index in [0.717, 1.165) is 20.3 Å². The highest BCUT2D eigenvalue weighted by Gasteiger charge is 2.18. The molecule has 0 saturated heterocycles. The summed E-state index contributed by atoms with van der Waals surface area (Å²) in [5, 5.41) is 5.02. The quantitative estimate of drug-likeness (QED) is 0.197. The molecule has 0 aliphatic heterocycles. The molecule has 162 valence electrons. The molecule has 0 aliphatic rings. The predicted octanol–water partition coefficient (Wildman–Crippen LogP) is 9.41. The first kappa shape index (κ1) is 20.1. The van der Waals surface area contributed by atoms with Gasteiger partial charge in [0.25, 0.3) is 0 Å². The Morgan fingerprint density at radius 1 is 0.382 bits per heavy atom. The van der Waals surface area contributed by atoms with Crippen LogP contribution in [0.4, 0.5) is 0 Å². The lowest BCUT2D eigenvalue weighted by molar-refractivity contribution is 1.12. The molecule has 0 spiro atoms. The molecule has 0 saturated carbocycles. The van der Waals surface area contributed by atoms with Crippen LogP contribution in [0.2, 0.25) is 0 Å². The number of fused-ring (bicyclic) bond motifs is 6. The molecule has 0 radical (unpaired) electrons. The molecular weight excluding hydrogens is 548 g/mol. The lowest BCUT2D eigenvalue weighted by atomic mass is 10.2. The lowest BCUT2D eigenvalue weighted by Gasteiger charge is -2.16. The number of hydrogen-bond donors (Lipinski definition) is 0. The van der Waals surface area contributed by atoms with E-state index in [-0.39, 0.29) is 0 Å². The van der Waals surface area contributed by atoms with Gasteiger partial charge in [-0.05, 0) is 68.3 Å². The standard InChI is InChI=1S/C30H18Br2N2/c31-23-17-24(32)30(34-27-15-7-3-11-21(27)22-12-4-8-16-28(22)34)18-29(23)33-25-13-5-1-9-19(25)20-10-2-6-14-26(20)33/h1-18H. The van der Waals surface area contributed by atoms with Crippen molar-refractivity contribution in [2.45, 2.75) is 0 Å². The third kappa shape index (κ3) is 2.79. The van der Waals surface area contributed by atoms with Gasteiger partial charge in [0, 0.05) is 30.5 Å². The third-order valence-electron chi connectivity index (χ3n) is 6.66. The van der Waals surface area contributed by atoms with E-state index in [4.69, 9.17) is 0 Å². The van der Waals surface area contributed by atoms with E-state index in [1.807, 2.05) is 0 Å². The summed E-state index contributed by atoms with van der Waals surface area (Å²) in [6.45, 7) is 0. The monoisotopic (exact) mass is 564 g/mol. The van der Waals surface area contributed by atoms with Gasteiger partial charge in [-0.2, -0.15) is 0 Å². The molecule has 0 amide bonds. The van der Waals surface area contributed by atoms with Crippen LogP contribution in [-0.4, -0.2) is 9.13 Å². The van der Waals surface area contributed by atoms with E-state index in [0.29, 0.717) is 0 Å². The van der Waals surface area contributed by atoms with Gasteiger partial charge in [-0.1, -0.05) is 72.8 Å². The third-order valence-corrected chi connectivity index (χ3v) is 7.93. The molecule has 4 heteroatoms. The van der Waals surface area contributed by atoms with Crippen molar-refractivity contribution in [3.63, 3.8) is 0 Å². The van der Waals surface area contributed by atoms with Crippen molar-refractivity contribution >= 4 is 75.5 Å². The number of aromatic nitrogens is 2. The molecule has 2 heterocycles. The zero-order valence-electron chi connectivity index (χ0n) is 18.0. The zero-order chi connectivity index (χ0) is 22.8. The number of hydrogen-bond acceptors (Lipinski definition) is 0. The molecule has 7 rings (SSSR count). The summed E-state index contributed by atoms with van der Waals surface area (Å²) >= 11 is 7.75. The first-order valence-corrected chi connectivity index (χ1v) is 12.8. The fraction of sp³-hybridized carbons (Fsp3) is 0. The van der Waals surface area contributed by atoms with Gasteiger partial charge in [-0.15, -0.1) is 0 Å². The van der Waals surface area contributed by atoms with E-state index >= 15 is 0 Å². The average Bonchev–Trinajstić information content (AvgIpc) is 3.38. The molecule has 0 N–H and O–H groups in total. The van der Waals surface area contributed by atoms with Gasteiger partial charge < -0.3 is 9.13 Å². The highest BCUT2D eigenvalue weighted by atomic mass is 79.9. The summed E-state index contributed by atoms with van der Waals surface area (Å²) in [5.74, 6) is 0. The molecule has 2 nitrogen and oxygen atoms in total. The average molecular weight is 566 g/mol. The van der Waals surface area contributed by atoms with Crippen LogP contribution in [0.25, 0.3) is 55.0 Å². The van der Waals surface area contributed by atoms with Gasteiger partial charge in [0.05, 0.1) is 33.4 Å². The van der Waals surface area contributed by atoms with Crippen LogP contribution in [-0.2, 0) is 0 Å². The van der Waals surface area contributed by atoms with Crippen molar-refractivity contribution in [1.29, 1.82) is 0 Å². The maximum absolute atomic E-state index is 3.88. The molecule has 34 heavy (non-hydrogen) atoms. The second-order valence-corrected chi connectivity index (χ2v) is 10.2. The molecule has 7 aromatic rings. The maximum Gasteiger partial charge on any atom is 0.0625 e. The topological polar surface area (TPSA) is 9.86 Å². The molecule has 2 aromatic heterocycles. The Morgan fingerprint density at radius 3 is 1.00 bits per heavy atom. The Kier molecular flexibility index (Phi) is 4.48. The minimum absolute atomic E-state index is 1.04. The SMILES string of the molecule is Brc1cc(Br)c(-n2c3ccccc3c3ccccc32)cc1-n1c2ccccc2c2ccccc21. The maximum atomic E-state index is 3.88. The van der Waals surface area contributed by atoms with Crippen molar-refractivity contribution in [2.24, 2.45) is 0 Å². The van der Waals surface area contributed by atoms with Crippen LogP contribution in [0.3, 0.4) is 0 Å². The smallest absolute Gasteiger partial charge is 0.0625 e. The molecule has 0 bridgehead atoms. The second kappa shape index (κ2) is 7.59. The minimum atomic E-state index is 1.04. The molecule has 0 aliphatic carbocycles. The van der Waals surface area contributed by atoms with Crippen molar-refractivity contribution in [1.82, 2.24) is 9.13 Å². The van der Waals surface area contributed by atoms with Gasteiger partial charge in [0.15, 0.2) is 0 Å². The summed E-state index contributed by atoms with van der Waals surface area (Å²) < 4.78 is 6.79. The summed E-state index contributed by atoms with van der Waals surface area (Å²) in [6.07, 6.45) is 0. The Hall–Kier alpha value is -3.34. The first-order valence-electron chi connectivity index (χ1n) is 11.2. The number of para-hydroxylation sites is 4. The molecule has 0 atom stereocenters. The molecule has 0 unspecified atom stereocenters. The van der Waals surface area contributed by atoms with E-state index in [1.54, 1.807) is 0 Å². The summed E-state index contributed by atoms with van der Waals surface area (Å²) in [4.78, 5) is 0. The van der Waals surface area contributed by atoms with E-state index in [1.165, 1.54) is 43.6 Å². The number of nitrogens with zero attached hydrogens (tertiary/aromatic N) is 2. The van der Waals surface area contributed by atoms with Crippen LogP contribution in [0, 0.1) is 0 Å².